The molecule has 10 aromatic carbocycles. The molecule has 0 aromatic heterocycles. The molecule has 3 fully saturated rings. The van der Waals surface area contributed by atoms with Crippen molar-refractivity contribution in [3.05, 3.63) is 335 Å². The number of rotatable bonds is 40. The quantitative estimate of drug-likeness (QED) is 0.0150. The first-order chi connectivity index (χ1) is 60.1. The SMILES string of the molecule is COC(=O)CCCCCO[C@@H]1O[C@H](COCc2ccc(OC)cc2)[C@@H](O[C@@H]2O[C@H](CO[Si](c3ccccc3)(c3ccccc3)C(C)(C)C)[C@H](O[C@@H]3O[C@@H](C)[C@@H](OCc4ccccc4)[C@@H](OCc4ccccc4)[C@@H]3OCc3ccccc3)[C@H](OCc3ccc(OC)cc3)[C@H]2OC(=O)c2ccccc2)[C@H](OCc2ccccc2)[C@H]1N1C(=O)c2ccccc2C1=O. The van der Waals surface area contributed by atoms with E-state index >= 15 is 14.4 Å². The lowest BCUT2D eigenvalue weighted by Crippen LogP contribution is -2.71. The highest BCUT2D eigenvalue weighted by molar-refractivity contribution is 6.99. The first-order valence-electron chi connectivity index (χ1n) is 42.1. The van der Waals surface area contributed by atoms with Gasteiger partial charge >= 0.3 is 11.9 Å². The van der Waals surface area contributed by atoms with Gasteiger partial charge in [0.15, 0.2) is 25.0 Å². The highest BCUT2D eigenvalue weighted by Crippen LogP contribution is 2.44. The molecule has 0 spiro atoms. The monoisotopic (exact) mass is 1690 g/mol. The Morgan fingerprint density at radius 2 is 0.789 bits per heavy atom. The van der Waals surface area contributed by atoms with E-state index in [9.17, 15) is 4.79 Å². The Labute approximate surface area is 720 Å². The molecule has 23 heteroatoms. The van der Waals surface area contributed by atoms with E-state index in [1.165, 1.54) is 7.11 Å². The Morgan fingerprint density at radius 1 is 0.390 bits per heavy atom. The van der Waals surface area contributed by atoms with E-state index < -0.39 is 123 Å². The number of ether oxygens (including phenoxy) is 16. The molecule has 15 atom stereocenters. The zero-order valence-electron chi connectivity index (χ0n) is 70.5. The number of hydrogen-bond acceptors (Lipinski definition) is 21. The average molecular weight is 1690 g/mol. The lowest BCUT2D eigenvalue weighted by atomic mass is 9.93. The van der Waals surface area contributed by atoms with Gasteiger partial charge < -0.3 is 80.2 Å². The zero-order valence-corrected chi connectivity index (χ0v) is 71.5. The van der Waals surface area contributed by atoms with Crippen molar-refractivity contribution in [3.63, 3.8) is 0 Å². The van der Waals surface area contributed by atoms with Crippen LogP contribution in [0.25, 0.3) is 0 Å². The van der Waals surface area contributed by atoms with Crippen LogP contribution in [0.1, 0.15) is 118 Å². The summed E-state index contributed by atoms with van der Waals surface area (Å²) >= 11 is 0. The molecule has 2 amide bonds. The number of unbranched alkanes of at least 4 members (excludes halogenated alkanes) is 2. The zero-order chi connectivity index (χ0) is 85.5. The third kappa shape index (κ3) is 22.2. The summed E-state index contributed by atoms with van der Waals surface area (Å²) in [6.45, 7) is 8.20. The van der Waals surface area contributed by atoms with Crippen molar-refractivity contribution in [3.8, 4) is 11.5 Å². The van der Waals surface area contributed by atoms with Crippen LogP contribution >= 0.6 is 0 Å². The van der Waals surface area contributed by atoms with Gasteiger partial charge in [0, 0.05) is 13.0 Å². The second-order valence-corrected chi connectivity index (χ2v) is 36.3. The molecule has 0 radical (unpaired) electrons. The van der Waals surface area contributed by atoms with Gasteiger partial charge in [-0.1, -0.05) is 264 Å². The van der Waals surface area contributed by atoms with Crippen LogP contribution < -0.4 is 19.8 Å². The summed E-state index contributed by atoms with van der Waals surface area (Å²) in [7, 11) is 0.909. The molecule has 644 valence electrons. The van der Waals surface area contributed by atoms with Gasteiger partial charge in [-0.25, -0.2) is 4.79 Å². The lowest BCUT2D eigenvalue weighted by Gasteiger charge is -2.52. The number of hydrogen-bond donors (Lipinski definition) is 0. The molecule has 4 aliphatic rings. The minimum absolute atomic E-state index is 0.0373. The van der Waals surface area contributed by atoms with Crippen LogP contribution in [0.3, 0.4) is 0 Å². The molecule has 0 bridgehead atoms. The van der Waals surface area contributed by atoms with Crippen LogP contribution in [0.5, 0.6) is 11.5 Å². The summed E-state index contributed by atoms with van der Waals surface area (Å²) in [4.78, 5) is 60.7. The summed E-state index contributed by atoms with van der Waals surface area (Å²) in [6.07, 6.45) is -16.5. The Kier molecular flexibility index (Phi) is 31.3. The van der Waals surface area contributed by atoms with Gasteiger partial charge in [-0.3, -0.25) is 19.3 Å². The fraction of sp³-hybridized carbons (Fsp3) is 0.360. The second-order valence-electron chi connectivity index (χ2n) is 32.0. The smallest absolute Gasteiger partial charge is 0.338 e. The van der Waals surface area contributed by atoms with Crippen molar-refractivity contribution in [1.29, 1.82) is 0 Å². The predicted molar refractivity (Wildman–Crippen MR) is 462 cm³/mol. The van der Waals surface area contributed by atoms with E-state index in [-0.39, 0.29) is 88.5 Å². The van der Waals surface area contributed by atoms with E-state index in [1.54, 1.807) is 68.8 Å². The van der Waals surface area contributed by atoms with Crippen molar-refractivity contribution in [2.24, 2.45) is 0 Å². The van der Waals surface area contributed by atoms with Gasteiger partial charge in [-0.2, -0.15) is 0 Å². The molecule has 0 unspecified atom stereocenters. The molecule has 4 aliphatic heterocycles. The fourth-order valence-corrected chi connectivity index (χ4v) is 21.0. The Bertz CT molecular complexity index is 4850. The summed E-state index contributed by atoms with van der Waals surface area (Å²) in [6, 6.07) is 88.0. The molecule has 0 aliphatic carbocycles. The molecule has 14 rings (SSSR count). The van der Waals surface area contributed by atoms with Gasteiger partial charge in [0.05, 0.1) is 97.0 Å². The molecular weight excluding hydrogens is 1580 g/mol. The molecular formula is C100H109NO21Si. The number of nitrogens with zero attached hydrogens (tertiary/aromatic N) is 1. The Hall–Kier alpha value is -10.4. The largest absolute Gasteiger partial charge is 0.497 e. The molecule has 123 heavy (non-hydrogen) atoms. The van der Waals surface area contributed by atoms with E-state index in [0.29, 0.717) is 36.3 Å². The number of amides is 2. The maximum atomic E-state index is 15.9. The number of carbonyl (C=O) groups is 4. The van der Waals surface area contributed by atoms with Crippen LogP contribution in [0.4, 0.5) is 0 Å². The molecule has 22 nitrogen and oxygen atoms in total. The Morgan fingerprint density at radius 3 is 1.27 bits per heavy atom. The number of imide groups is 1. The van der Waals surface area contributed by atoms with E-state index in [2.05, 4.69) is 45.0 Å². The van der Waals surface area contributed by atoms with Crippen LogP contribution in [-0.4, -0.2) is 170 Å². The van der Waals surface area contributed by atoms with Crippen molar-refractivity contribution in [1.82, 2.24) is 4.90 Å². The molecule has 3 saturated heterocycles. The third-order valence-electron chi connectivity index (χ3n) is 22.8. The van der Waals surface area contributed by atoms with Crippen LogP contribution in [-0.2, 0) is 115 Å². The van der Waals surface area contributed by atoms with Crippen molar-refractivity contribution in [2.45, 2.75) is 190 Å². The Balaban J connectivity index is 0.963. The highest BCUT2D eigenvalue weighted by atomic mass is 28.4. The van der Waals surface area contributed by atoms with Crippen LogP contribution in [0.2, 0.25) is 5.04 Å². The standard InChI is InChI=1S/C100H109NO21Si/c1-68-86(111-61-69-34-16-8-17-35-69)90(113-63-71-38-20-10-21-39-71)92(115-64-72-40-22-11-23-41-72)98(117-68)122-88-83(67-116-123(100(2,3)4,78-44-26-13-27-45-78)79-46-28-14-29-47-79)119-99(93(120-96(105)75-42-24-12-25-43-75)91(88)114-65-74-53-57-77(107-6)58-54-74)121-87-82(66-109-60-73-51-55-76(106-5)56-52-73)118-97(110-59-33-15-30-50-84(102)108-7)85(89(87)112-62-70-36-18-9-19-37-70)101-94(103)80-48-31-32-49-81(80)95(101)104/h8-14,16-29,31-32,34-49,51-58,68,82-83,85-93,97-99H,15,30,33,50,59-67H2,1-7H3/t68-,82+,83+,85+,86+,87+,88-,89+,90+,91-,92-,93+,97+,98-,99-/m0/s1. The maximum absolute atomic E-state index is 15.9. The fourth-order valence-electron chi connectivity index (χ4n) is 16.4. The van der Waals surface area contributed by atoms with Crippen LogP contribution in [0.15, 0.2) is 285 Å². The van der Waals surface area contributed by atoms with E-state index in [0.717, 1.165) is 43.1 Å². The number of carbonyl (C=O) groups excluding carboxylic acids is 4. The van der Waals surface area contributed by atoms with Gasteiger partial charge in [0.25, 0.3) is 20.1 Å². The van der Waals surface area contributed by atoms with Gasteiger partial charge in [-0.05, 0) is 117 Å². The number of methoxy groups -OCH3 is 3. The first-order valence-corrected chi connectivity index (χ1v) is 44.0. The van der Waals surface area contributed by atoms with Crippen molar-refractivity contribution >= 4 is 42.4 Å². The number of esters is 2. The van der Waals surface area contributed by atoms with Gasteiger partial charge in [0.1, 0.15) is 72.5 Å². The summed E-state index contributed by atoms with van der Waals surface area (Å²) < 4.78 is 121. The van der Waals surface area contributed by atoms with Gasteiger partial charge in [0.2, 0.25) is 0 Å². The average Bonchev–Trinajstić information content (AvgIpc) is 1.36. The third-order valence-corrected chi connectivity index (χ3v) is 27.8. The second kappa shape index (κ2) is 43.3. The van der Waals surface area contributed by atoms with Gasteiger partial charge in [-0.15, -0.1) is 0 Å². The summed E-state index contributed by atoms with van der Waals surface area (Å²) in [5, 5.41) is 1.30. The molecule has 0 N–H and O–H groups in total. The minimum atomic E-state index is -3.63. The highest BCUT2D eigenvalue weighted by Gasteiger charge is 2.61. The molecule has 10 aromatic rings. The van der Waals surface area contributed by atoms with E-state index in [4.69, 9.17) is 80.2 Å². The topological polar surface area (TPSA) is 228 Å². The summed E-state index contributed by atoms with van der Waals surface area (Å²) in [5.41, 5.74) is 5.34. The van der Waals surface area contributed by atoms with Crippen molar-refractivity contribution in [2.75, 3.05) is 41.2 Å². The normalized spacial score (nSPS) is 23.4. The molecule has 4 heterocycles. The summed E-state index contributed by atoms with van der Waals surface area (Å²) in [5.74, 6) is -1.19. The number of benzene rings is 10. The maximum Gasteiger partial charge on any atom is 0.338 e. The lowest BCUT2D eigenvalue weighted by molar-refractivity contribution is -0.383. The first kappa shape index (κ1) is 88.9. The molecule has 0 saturated carbocycles. The predicted octanol–water partition coefficient (Wildman–Crippen LogP) is 15.3. The van der Waals surface area contributed by atoms with E-state index in [1.807, 2.05) is 213 Å². The van der Waals surface area contributed by atoms with Crippen molar-refractivity contribution < 1.29 is 99.4 Å². The van der Waals surface area contributed by atoms with Crippen LogP contribution in [0, 0.1) is 0 Å². The number of fused-ring (bicyclic) bond motifs is 1. The minimum Gasteiger partial charge on any atom is -0.497 e.